The van der Waals surface area contributed by atoms with Crippen molar-refractivity contribution in [1.82, 2.24) is 9.88 Å². The number of aromatic nitrogens is 1. The molecular formula is C17H30N2. The summed E-state index contributed by atoms with van der Waals surface area (Å²) in [7, 11) is 0. The Kier molecular flexibility index (Phi) is 4.72. The lowest BCUT2D eigenvalue weighted by Gasteiger charge is -2.32. The first-order chi connectivity index (χ1) is 9.01. The Morgan fingerprint density at radius 1 is 1.16 bits per heavy atom. The van der Waals surface area contributed by atoms with E-state index in [4.69, 9.17) is 0 Å². The molecule has 0 aromatic carbocycles. The van der Waals surface area contributed by atoms with Crippen molar-refractivity contribution < 1.29 is 0 Å². The van der Waals surface area contributed by atoms with Crippen LogP contribution in [0.4, 0.5) is 0 Å². The molecule has 2 heteroatoms. The van der Waals surface area contributed by atoms with Gasteiger partial charge in [-0.2, -0.15) is 0 Å². The smallest absolute Gasteiger partial charge is 0.0225 e. The molecule has 108 valence electrons. The van der Waals surface area contributed by atoms with Gasteiger partial charge in [0.2, 0.25) is 0 Å². The number of nitrogens with zero attached hydrogens (tertiary/aromatic N) is 1. The van der Waals surface area contributed by atoms with Gasteiger partial charge < -0.3 is 9.88 Å². The fourth-order valence-corrected chi connectivity index (χ4v) is 3.91. The fraction of sp³-hybridized carbons (Fsp3) is 0.765. The van der Waals surface area contributed by atoms with E-state index in [1.54, 1.807) is 0 Å². The molecule has 0 amide bonds. The van der Waals surface area contributed by atoms with E-state index < -0.39 is 0 Å². The fourth-order valence-electron chi connectivity index (χ4n) is 3.91. The van der Waals surface area contributed by atoms with Crippen molar-refractivity contribution in [3.8, 4) is 0 Å². The SMILES string of the molecule is CCn1c(C)cc(CNC2CC(C)CC(C)C2)c1C. The first-order valence-electron chi connectivity index (χ1n) is 7.90. The minimum atomic E-state index is 0.712. The zero-order valence-electron chi connectivity index (χ0n) is 13.3. The predicted molar refractivity (Wildman–Crippen MR) is 82.4 cm³/mol. The summed E-state index contributed by atoms with van der Waals surface area (Å²) in [6, 6.07) is 3.06. The van der Waals surface area contributed by atoms with E-state index in [2.05, 4.69) is 50.6 Å². The van der Waals surface area contributed by atoms with E-state index in [1.807, 2.05) is 0 Å². The Balaban J connectivity index is 1.95. The lowest BCUT2D eigenvalue weighted by molar-refractivity contribution is 0.238. The first-order valence-corrected chi connectivity index (χ1v) is 7.90. The van der Waals surface area contributed by atoms with Crippen LogP contribution in [0, 0.1) is 25.7 Å². The van der Waals surface area contributed by atoms with Crippen molar-refractivity contribution in [3.05, 3.63) is 23.0 Å². The summed E-state index contributed by atoms with van der Waals surface area (Å²) in [4.78, 5) is 0. The monoisotopic (exact) mass is 262 g/mol. The molecule has 1 heterocycles. The van der Waals surface area contributed by atoms with Crippen LogP contribution in [0.3, 0.4) is 0 Å². The quantitative estimate of drug-likeness (QED) is 0.866. The van der Waals surface area contributed by atoms with Gasteiger partial charge in [-0.25, -0.2) is 0 Å². The summed E-state index contributed by atoms with van der Waals surface area (Å²) >= 11 is 0. The molecule has 2 rings (SSSR count). The van der Waals surface area contributed by atoms with Crippen LogP contribution in [0.15, 0.2) is 6.07 Å². The summed E-state index contributed by atoms with van der Waals surface area (Å²) < 4.78 is 2.41. The Morgan fingerprint density at radius 3 is 2.32 bits per heavy atom. The molecule has 2 nitrogen and oxygen atoms in total. The van der Waals surface area contributed by atoms with E-state index in [-0.39, 0.29) is 0 Å². The average molecular weight is 262 g/mol. The van der Waals surface area contributed by atoms with E-state index in [9.17, 15) is 0 Å². The Bertz CT molecular complexity index is 409. The van der Waals surface area contributed by atoms with Crippen LogP contribution < -0.4 is 5.32 Å². The van der Waals surface area contributed by atoms with Crippen LogP contribution >= 0.6 is 0 Å². The minimum absolute atomic E-state index is 0.712. The molecule has 1 aliphatic carbocycles. The molecule has 1 aliphatic rings. The molecule has 19 heavy (non-hydrogen) atoms. The Labute approximate surface area is 118 Å². The van der Waals surface area contributed by atoms with Crippen molar-refractivity contribution in [1.29, 1.82) is 0 Å². The topological polar surface area (TPSA) is 17.0 Å². The molecule has 0 bridgehead atoms. The van der Waals surface area contributed by atoms with Gasteiger partial charge in [-0.15, -0.1) is 0 Å². The highest BCUT2D eigenvalue weighted by Gasteiger charge is 2.23. The third-order valence-electron chi connectivity index (χ3n) is 4.75. The second-order valence-corrected chi connectivity index (χ2v) is 6.64. The molecule has 1 aromatic heterocycles. The Hall–Kier alpha value is -0.760. The second kappa shape index (κ2) is 6.13. The maximum atomic E-state index is 3.79. The van der Waals surface area contributed by atoms with Gasteiger partial charge in [-0.1, -0.05) is 13.8 Å². The number of hydrogen-bond donors (Lipinski definition) is 1. The lowest BCUT2D eigenvalue weighted by Crippen LogP contribution is -2.36. The normalized spacial score (nSPS) is 27.7. The zero-order chi connectivity index (χ0) is 14.0. The number of aryl methyl sites for hydroxylation is 1. The van der Waals surface area contributed by atoms with E-state index in [0.717, 1.165) is 24.9 Å². The van der Waals surface area contributed by atoms with E-state index >= 15 is 0 Å². The highest BCUT2D eigenvalue weighted by Crippen LogP contribution is 2.28. The molecule has 1 saturated carbocycles. The van der Waals surface area contributed by atoms with Crippen LogP contribution in [-0.4, -0.2) is 10.6 Å². The van der Waals surface area contributed by atoms with Gasteiger partial charge in [0.1, 0.15) is 0 Å². The van der Waals surface area contributed by atoms with Crippen molar-refractivity contribution >= 4 is 0 Å². The van der Waals surface area contributed by atoms with Crippen molar-refractivity contribution in [2.45, 2.75) is 73.0 Å². The molecule has 0 saturated heterocycles. The summed E-state index contributed by atoms with van der Waals surface area (Å²) in [5, 5.41) is 3.79. The molecule has 0 aliphatic heterocycles. The second-order valence-electron chi connectivity index (χ2n) is 6.64. The van der Waals surface area contributed by atoms with Gasteiger partial charge in [0, 0.05) is 30.5 Å². The van der Waals surface area contributed by atoms with E-state index in [0.29, 0.717) is 6.04 Å². The maximum Gasteiger partial charge on any atom is 0.0225 e. The van der Waals surface area contributed by atoms with Gasteiger partial charge in [0.15, 0.2) is 0 Å². The van der Waals surface area contributed by atoms with Crippen LogP contribution in [0.5, 0.6) is 0 Å². The Morgan fingerprint density at radius 2 is 1.79 bits per heavy atom. The van der Waals surface area contributed by atoms with Crippen molar-refractivity contribution in [2.24, 2.45) is 11.8 Å². The molecule has 1 N–H and O–H groups in total. The van der Waals surface area contributed by atoms with Gasteiger partial charge in [0.25, 0.3) is 0 Å². The van der Waals surface area contributed by atoms with Gasteiger partial charge in [0.05, 0.1) is 0 Å². The van der Waals surface area contributed by atoms with Gasteiger partial charge >= 0.3 is 0 Å². The van der Waals surface area contributed by atoms with E-state index in [1.165, 1.54) is 36.2 Å². The molecule has 1 aromatic rings. The molecule has 2 unspecified atom stereocenters. The maximum absolute atomic E-state index is 3.79. The lowest BCUT2D eigenvalue weighted by atomic mass is 9.80. The van der Waals surface area contributed by atoms with Gasteiger partial charge in [-0.05, 0) is 63.5 Å². The highest BCUT2D eigenvalue weighted by molar-refractivity contribution is 5.26. The van der Waals surface area contributed by atoms with Crippen molar-refractivity contribution in [2.75, 3.05) is 0 Å². The van der Waals surface area contributed by atoms with Crippen LogP contribution in [0.25, 0.3) is 0 Å². The largest absolute Gasteiger partial charge is 0.349 e. The van der Waals surface area contributed by atoms with Gasteiger partial charge in [-0.3, -0.25) is 0 Å². The summed E-state index contributed by atoms with van der Waals surface area (Å²) in [5.74, 6) is 1.76. The van der Waals surface area contributed by atoms with Crippen LogP contribution in [0.1, 0.15) is 57.0 Å². The summed E-state index contributed by atoms with van der Waals surface area (Å²) in [6.45, 7) is 13.6. The molecular weight excluding hydrogens is 232 g/mol. The third-order valence-corrected chi connectivity index (χ3v) is 4.75. The average Bonchev–Trinajstić information content (AvgIpc) is 2.60. The molecule has 2 atom stereocenters. The highest BCUT2D eigenvalue weighted by atomic mass is 15.0. The number of rotatable bonds is 4. The minimum Gasteiger partial charge on any atom is -0.349 e. The number of nitrogens with one attached hydrogen (secondary N) is 1. The molecule has 1 fully saturated rings. The number of hydrogen-bond acceptors (Lipinski definition) is 1. The standard InChI is InChI=1S/C17H30N2/c1-6-19-14(4)10-16(15(19)5)11-18-17-8-12(2)7-13(3)9-17/h10,12-13,17-18H,6-9,11H2,1-5H3. The summed E-state index contributed by atoms with van der Waals surface area (Å²) in [5.41, 5.74) is 4.30. The predicted octanol–water partition coefficient (Wildman–Crippen LogP) is 4.04. The zero-order valence-corrected chi connectivity index (χ0v) is 13.3. The summed E-state index contributed by atoms with van der Waals surface area (Å²) in [6.07, 6.45) is 4.09. The molecule has 0 spiro atoms. The van der Waals surface area contributed by atoms with Crippen LogP contribution in [0.2, 0.25) is 0 Å². The van der Waals surface area contributed by atoms with Crippen molar-refractivity contribution in [3.63, 3.8) is 0 Å². The first kappa shape index (κ1) is 14.6. The van der Waals surface area contributed by atoms with Crippen LogP contribution in [-0.2, 0) is 13.1 Å². The molecule has 0 radical (unpaired) electrons. The third kappa shape index (κ3) is 3.42.